The molecule has 0 radical (unpaired) electrons. The Morgan fingerprint density at radius 2 is 1.85 bits per heavy atom. The Morgan fingerprint density at radius 3 is 2.60 bits per heavy atom. The normalized spacial score (nSPS) is 14.2. The fraction of sp³-hybridized carbons (Fsp3) is 0.333. The molecule has 2 aromatic rings. The monoisotopic (exact) mass is 267 g/mol. The molecule has 2 aromatic carbocycles. The Hall–Kier alpha value is -1.80. The fourth-order valence-corrected chi connectivity index (χ4v) is 2.28. The van der Waals surface area contributed by atoms with E-state index in [1.54, 1.807) is 0 Å². The number of benzene rings is 2. The van der Waals surface area contributed by atoms with Crippen LogP contribution >= 0.6 is 0 Å². The van der Waals surface area contributed by atoms with Gasteiger partial charge in [0.25, 0.3) is 0 Å². The van der Waals surface area contributed by atoms with Gasteiger partial charge in [-0.2, -0.15) is 0 Å². The van der Waals surface area contributed by atoms with E-state index < -0.39 is 0 Å². The van der Waals surface area contributed by atoms with Gasteiger partial charge in [0.05, 0.1) is 0 Å². The third-order valence-corrected chi connectivity index (χ3v) is 3.66. The summed E-state index contributed by atoms with van der Waals surface area (Å²) in [5.41, 5.74) is 3.83. The number of ether oxygens (including phenoxy) is 1. The lowest BCUT2D eigenvalue weighted by Gasteiger charge is -2.12. The van der Waals surface area contributed by atoms with E-state index in [0.717, 1.165) is 18.3 Å². The van der Waals surface area contributed by atoms with E-state index in [2.05, 4.69) is 48.6 Å². The summed E-state index contributed by atoms with van der Waals surface area (Å²) < 4.78 is 5.91. The van der Waals surface area contributed by atoms with Crippen LogP contribution in [0, 0.1) is 6.92 Å². The van der Waals surface area contributed by atoms with Gasteiger partial charge in [-0.15, -0.1) is 0 Å². The third-order valence-electron chi connectivity index (χ3n) is 3.66. The van der Waals surface area contributed by atoms with Gasteiger partial charge in [0.1, 0.15) is 12.4 Å². The number of aryl methyl sites for hydroxylation is 1. The van der Waals surface area contributed by atoms with Crippen molar-refractivity contribution in [3.05, 3.63) is 65.2 Å². The van der Waals surface area contributed by atoms with Crippen molar-refractivity contribution in [1.29, 1.82) is 0 Å². The van der Waals surface area contributed by atoms with Crippen molar-refractivity contribution >= 4 is 0 Å². The van der Waals surface area contributed by atoms with Gasteiger partial charge < -0.3 is 10.1 Å². The first kappa shape index (κ1) is 13.2. The number of rotatable bonds is 6. The number of hydrogen-bond donors (Lipinski definition) is 1. The van der Waals surface area contributed by atoms with Crippen LogP contribution in [0.15, 0.2) is 48.5 Å². The Kier molecular flexibility index (Phi) is 4.03. The van der Waals surface area contributed by atoms with E-state index in [1.165, 1.54) is 29.5 Å². The summed E-state index contributed by atoms with van der Waals surface area (Å²) in [7, 11) is 0. The molecular formula is C18H21NO. The van der Waals surface area contributed by atoms with Gasteiger partial charge in [-0.25, -0.2) is 0 Å². The molecule has 1 aliphatic rings. The maximum atomic E-state index is 5.91. The summed E-state index contributed by atoms with van der Waals surface area (Å²) in [5.74, 6) is 0.940. The van der Waals surface area contributed by atoms with E-state index in [4.69, 9.17) is 4.74 Å². The van der Waals surface area contributed by atoms with E-state index >= 15 is 0 Å². The second-order valence-electron chi connectivity index (χ2n) is 5.53. The van der Waals surface area contributed by atoms with Gasteiger partial charge in [-0.1, -0.05) is 36.4 Å². The summed E-state index contributed by atoms with van der Waals surface area (Å²) in [6.07, 6.45) is 2.64. The zero-order valence-electron chi connectivity index (χ0n) is 11.9. The molecule has 1 N–H and O–H groups in total. The molecular weight excluding hydrogens is 246 g/mol. The molecule has 104 valence electrons. The Morgan fingerprint density at radius 1 is 1.05 bits per heavy atom. The maximum Gasteiger partial charge on any atom is 0.120 e. The molecule has 0 amide bonds. The number of hydrogen-bond acceptors (Lipinski definition) is 2. The molecule has 0 aliphatic heterocycles. The van der Waals surface area contributed by atoms with Gasteiger partial charge in [-0.3, -0.25) is 0 Å². The molecule has 0 spiro atoms. The summed E-state index contributed by atoms with van der Waals surface area (Å²) >= 11 is 0. The first-order valence-electron chi connectivity index (χ1n) is 7.31. The molecule has 0 bridgehead atoms. The van der Waals surface area contributed by atoms with Gasteiger partial charge in [0, 0.05) is 12.6 Å². The molecule has 0 unspecified atom stereocenters. The van der Waals surface area contributed by atoms with Gasteiger partial charge in [0.15, 0.2) is 0 Å². The summed E-state index contributed by atoms with van der Waals surface area (Å²) in [6, 6.07) is 17.5. The Bertz CT molecular complexity index is 575. The van der Waals surface area contributed by atoms with Crippen molar-refractivity contribution in [2.24, 2.45) is 0 Å². The fourth-order valence-electron chi connectivity index (χ4n) is 2.28. The van der Waals surface area contributed by atoms with Crippen LogP contribution in [-0.4, -0.2) is 6.04 Å². The van der Waals surface area contributed by atoms with Crippen LogP contribution in [0.1, 0.15) is 29.5 Å². The number of nitrogens with one attached hydrogen (secondary N) is 1. The SMILES string of the molecule is Cc1cccc(OCc2ccccc2CNC2CC2)c1. The Labute approximate surface area is 120 Å². The molecule has 0 heterocycles. The zero-order chi connectivity index (χ0) is 13.8. The van der Waals surface area contributed by atoms with Gasteiger partial charge in [-0.05, 0) is 48.6 Å². The minimum absolute atomic E-state index is 0.631. The van der Waals surface area contributed by atoms with Crippen molar-refractivity contribution in [2.45, 2.75) is 39.0 Å². The predicted molar refractivity (Wildman–Crippen MR) is 81.8 cm³/mol. The second-order valence-corrected chi connectivity index (χ2v) is 5.53. The molecule has 0 atom stereocenters. The highest BCUT2D eigenvalue weighted by Crippen LogP contribution is 2.21. The topological polar surface area (TPSA) is 21.3 Å². The minimum atomic E-state index is 0.631. The molecule has 1 aliphatic carbocycles. The second kappa shape index (κ2) is 6.10. The van der Waals surface area contributed by atoms with Gasteiger partial charge >= 0.3 is 0 Å². The average Bonchev–Trinajstić information content (AvgIpc) is 3.28. The van der Waals surface area contributed by atoms with E-state index in [1.807, 2.05) is 12.1 Å². The molecule has 0 saturated heterocycles. The molecule has 20 heavy (non-hydrogen) atoms. The highest BCUT2D eigenvalue weighted by molar-refractivity contribution is 5.30. The quantitative estimate of drug-likeness (QED) is 0.859. The lowest BCUT2D eigenvalue weighted by molar-refractivity contribution is 0.304. The molecule has 2 heteroatoms. The van der Waals surface area contributed by atoms with Crippen molar-refractivity contribution in [1.82, 2.24) is 5.32 Å². The van der Waals surface area contributed by atoms with Crippen LogP contribution in [0.25, 0.3) is 0 Å². The van der Waals surface area contributed by atoms with Crippen molar-refractivity contribution in [3.63, 3.8) is 0 Å². The van der Waals surface area contributed by atoms with E-state index in [0.29, 0.717) is 6.61 Å². The van der Waals surface area contributed by atoms with E-state index in [-0.39, 0.29) is 0 Å². The Balaban J connectivity index is 1.63. The lowest BCUT2D eigenvalue weighted by Crippen LogP contribution is -2.16. The summed E-state index contributed by atoms with van der Waals surface area (Å²) in [6.45, 7) is 3.66. The van der Waals surface area contributed by atoms with Crippen LogP contribution in [0.4, 0.5) is 0 Å². The predicted octanol–water partition coefficient (Wildman–Crippen LogP) is 3.83. The molecule has 1 fully saturated rings. The van der Waals surface area contributed by atoms with Crippen LogP contribution in [0.3, 0.4) is 0 Å². The zero-order valence-corrected chi connectivity index (χ0v) is 11.9. The van der Waals surface area contributed by atoms with Crippen molar-refractivity contribution < 1.29 is 4.74 Å². The highest BCUT2D eigenvalue weighted by atomic mass is 16.5. The molecule has 0 aromatic heterocycles. The molecule has 2 nitrogen and oxygen atoms in total. The van der Waals surface area contributed by atoms with Crippen LogP contribution in [-0.2, 0) is 13.2 Å². The van der Waals surface area contributed by atoms with Crippen LogP contribution < -0.4 is 10.1 Å². The molecule has 3 rings (SSSR count). The average molecular weight is 267 g/mol. The highest BCUT2D eigenvalue weighted by Gasteiger charge is 2.20. The smallest absolute Gasteiger partial charge is 0.120 e. The van der Waals surface area contributed by atoms with Gasteiger partial charge in [0.2, 0.25) is 0 Å². The minimum Gasteiger partial charge on any atom is -0.489 e. The van der Waals surface area contributed by atoms with E-state index in [9.17, 15) is 0 Å². The third kappa shape index (κ3) is 3.61. The van der Waals surface area contributed by atoms with Crippen LogP contribution in [0.2, 0.25) is 0 Å². The first-order chi connectivity index (χ1) is 9.81. The standard InChI is InChI=1S/C18H21NO/c1-14-5-4-8-18(11-14)20-13-16-7-3-2-6-15(16)12-19-17-9-10-17/h2-8,11,17,19H,9-10,12-13H2,1H3. The lowest BCUT2D eigenvalue weighted by atomic mass is 10.1. The first-order valence-corrected chi connectivity index (χ1v) is 7.31. The maximum absolute atomic E-state index is 5.91. The van der Waals surface area contributed by atoms with Crippen molar-refractivity contribution in [2.75, 3.05) is 0 Å². The summed E-state index contributed by atoms with van der Waals surface area (Å²) in [5, 5.41) is 3.57. The van der Waals surface area contributed by atoms with Crippen molar-refractivity contribution in [3.8, 4) is 5.75 Å². The molecule has 1 saturated carbocycles. The summed E-state index contributed by atoms with van der Waals surface area (Å²) in [4.78, 5) is 0. The van der Waals surface area contributed by atoms with Crippen LogP contribution in [0.5, 0.6) is 5.75 Å². The largest absolute Gasteiger partial charge is 0.489 e.